The zero-order chi connectivity index (χ0) is 26.1. The molecule has 36 heavy (non-hydrogen) atoms. The van der Waals surface area contributed by atoms with Gasteiger partial charge in [0, 0.05) is 25.0 Å². The van der Waals surface area contributed by atoms with Crippen molar-refractivity contribution in [3.05, 3.63) is 108 Å². The summed E-state index contributed by atoms with van der Waals surface area (Å²) in [6.45, 7) is 8.24. The molecule has 0 spiro atoms. The minimum Gasteiger partial charge on any atom is -0.481 e. The summed E-state index contributed by atoms with van der Waals surface area (Å²) in [4.78, 5) is 27.6. The molecule has 3 aromatic carbocycles. The fraction of sp³-hybridized carbons (Fsp3) is 0.355. The molecule has 0 aliphatic heterocycles. The maximum Gasteiger partial charge on any atom is 0.311 e. The highest BCUT2D eigenvalue weighted by Gasteiger charge is 2.39. The first kappa shape index (κ1) is 27.2. The number of hydrogen-bond donors (Lipinski definition) is 1. The van der Waals surface area contributed by atoms with Crippen molar-refractivity contribution in [2.24, 2.45) is 5.92 Å². The minimum atomic E-state index is -0.930. The summed E-state index contributed by atoms with van der Waals surface area (Å²) in [5.41, 5.74) is 2.50. The van der Waals surface area contributed by atoms with Crippen LogP contribution in [0.4, 0.5) is 0 Å². The van der Waals surface area contributed by atoms with Gasteiger partial charge < -0.3 is 9.84 Å². The average Bonchev–Trinajstić information content (AvgIpc) is 2.85. The molecule has 1 unspecified atom stereocenters. The quantitative estimate of drug-likeness (QED) is 0.301. The highest BCUT2D eigenvalue weighted by molar-refractivity contribution is 5.75. The second kappa shape index (κ2) is 12.5. The van der Waals surface area contributed by atoms with Crippen molar-refractivity contribution in [2.75, 3.05) is 0 Å². The third kappa shape index (κ3) is 7.79. The predicted octanol–water partition coefficient (Wildman–Crippen LogP) is 6.81. The van der Waals surface area contributed by atoms with Gasteiger partial charge in [-0.2, -0.15) is 0 Å². The Labute approximate surface area is 214 Å². The molecule has 0 radical (unpaired) electrons. The van der Waals surface area contributed by atoms with E-state index in [0.29, 0.717) is 6.54 Å². The number of carboxylic acids is 1. The highest BCUT2D eigenvalue weighted by atomic mass is 16.6. The standard InChI is InChI=1S/C31H37NO4/c1-23(25-16-10-6-11-17-25)32(22-24-14-8-5-9-15-24)29(26-18-12-7-13-19-26)27(20-21-28(33)34)30(35)36-31(2,3)4/h5-19,23,27,29H,20-22H2,1-4H3,(H,33,34)/t23-,27+,29?/m1/s1. The van der Waals surface area contributed by atoms with Crippen molar-refractivity contribution >= 4 is 11.9 Å². The Morgan fingerprint density at radius 3 is 1.83 bits per heavy atom. The van der Waals surface area contributed by atoms with Crippen LogP contribution in [0.1, 0.15) is 69.3 Å². The van der Waals surface area contributed by atoms with Crippen LogP contribution in [0.3, 0.4) is 0 Å². The fourth-order valence-electron chi connectivity index (χ4n) is 4.56. The normalized spacial score (nSPS) is 14.1. The van der Waals surface area contributed by atoms with Gasteiger partial charge in [-0.1, -0.05) is 91.0 Å². The number of esters is 1. The lowest BCUT2D eigenvalue weighted by molar-refractivity contribution is -0.164. The molecular weight excluding hydrogens is 450 g/mol. The highest BCUT2D eigenvalue weighted by Crippen LogP contribution is 2.40. The van der Waals surface area contributed by atoms with E-state index in [2.05, 4.69) is 36.1 Å². The second-order valence-electron chi connectivity index (χ2n) is 10.2. The summed E-state index contributed by atoms with van der Waals surface area (Å²) in [5.74, 6) is -1.98. The SMILES string of the molecule is C[C@H](c1ccccc1)N(Cc1ccccc1)C(c1ccccc1)[C@H](CCC(=O)O)C(=O)OC(C)(C)C. The molecule has 1 N–H and O–H groups in total. The Morgan fingerprint density at radius 2 is 1.33 bits per heavy atom. The Morgan fingerprint density at radius 1 is 0.833 bits per heavy atom. The maximum absolute atomic E-state index is 13.7. The summed E-state index contributed by atoms with van der Waals surface area (Å²) >= 11 is 0. The monoisotopic (exact) mass is 487 g/mol. The lowest BCUT2D eigenvalue weighted by Gasteiger charge is -2.41. The largest absolute Gasteiger partial charge is 0.481 e. The van der Waals surface area contributed by atoms with Crippen molar-refractivity contribution < 1.29 is 19.4 Å². The van der Waals surface area contributed by atoms with E-state index in [9.17, 15) is 14.7 Å². The van der Waals surface area contributed by atoms with E-state index in [-0.39, 0.29) is 24.9 Å². The molecule has 0 aromatic heterocycles. The molecule has 3 rings (SSSR count). The number of ether oxygens (including phenoxy) is 1. The van der Waals surface area contributed by atoms with E-state index >= 15 is 0 Å². The number of carbonyl (C=O) groups is 2. The molecule has 0 saturated carbocycles. The van der Waals surface area contributed by atoms with Gasteiger partial charge in [0.1, 0.15) is 5.60 Å². The average molecular weight is 488 g/mol. The number of rotatable bonds is 11. The Bertz CT molecular complexity index is 1090. The molecule has 0 aliphatic rings. The maximum atomic E-state index is 13.7. The van der Waals surface area contributed by atoms with E-state index in [1.807, 2.05) is 87.5 Å². The van der Waals surface area contributed by atoms with E-state index in [1.54, 1.807) is 0 Å². The lowest BCUT2D eigenvalue weighted by atomic mass is 9.85. The summed E-state index contributed by atoms with van der Waals surface area (Å²) in [7, 11) is 0. The van der Waals surface area contributed by atoms with Crippen LogP contribution >= 0.6 is 0 Å². The zero-order valence-corrected chi connectivity index (χ0v) is 21.6. The van der Waals surface area contributed by atoms with Crippen LogP contribution in [0.15, 0.2) is 91.0 Å². The summed E-state index contributed by atoms with van der Waals surface area (Å²) in [6, 6.07) is 29.8. The summed E-state index contributed by atoms with van der Waals surface area (Å²) in [5, 5.41) is 9.52. The first-order valence-corrected chi connectivity index (χ1v) is 12.5. The lowest BCUT2D eigenvalue weighted by Crippen LogP contribution is -2.41. The molecule has 0 bridgehead atoms. The minimum absolute atomic E-state index is 0.0497. The Hall–Kier alpha value is -3.44. The van der Waals surface area contributed by atoms with Crippen LogP contribution < -0.4 is 0 Å². The molecule has 3 aromatic rings. The Kier molecular flexibility index (Phi) is 9.43. The van der Waals surface area contributed by atoms with Crippen LogP contribution in [0.25, 0.3) is 0 Å². The number of nitrogens with zero attached hydrogens (tertiary/aromatic N) is 1. The van der Waals surface area contributed by atoms with Crippen LogP contribution in [0.5, 0.6) is 0 Å². The molecular formula is C31H37NO4. The fourth-order valence-corrected chi connectivity index (χ4v) is 4.56. The van der Waals surface area contributed by atoms with Gasteiger partial charge in [-0.25, -0.2) is 0 Å². The van der Waals surface area contributed by atoms with Gasteiger partial charge >= 0.3 is 11.9 Å². The van der Waals surface area contributed by atoms with Crippen molar-refractivity contribution in [2.45, 2.75) is 64.8 Å². The summed E-state index contributed by atoms with van der Waals surface area (Å²) in [6.07, 6.45) is 0.0583. The second-order valence-corrected chi connectivity index (χ2v) is 10.2. The van der Waals surface area contributed by atoms with Gasteiger partial charge in [0.05, 0.1) is 5.92 Å². The van der Waals surface area contributed by atoms with Crippen molar-refractivity contribution in [1.29, 1.82) is 0 Å². The number of carboxylic acid groups (broad SMARTS) is 1. The van der Waals surface area contributed by atoms with Crippen molar-refractivity contribution in [3.63, 3.8) is 0 Å². The van der Waals surface area contributed by atoms with Gasteiger partial charge in [0.25, 0.3) is 0 Å². The number of hydrogen-bond acceptors (Lipinski definition) is 4. The van der Waals surface area contributed by atoms with E-state index in [1.165, 1.54) is 0 Å². The topological polar surface area (TPSA) is 66.8 Å². The smallest absolute Gasteiger partial charge is 0.311 e. The Balaban J connectivity index is 2.15. The molecule has 3 atom stereocenters. The molecule has 0 amide bonds. The number of carbonyl (C=O) groups excluding carboxylic acids is 1. The molecule has 5 heteroatoms. The molecule has 5 nitrogen and oxygen atoms in total. The first-order chi connectivity index (χ1) is 17.2. The number of benzene rings is 3. The van der Waals surface area contributed by atoms with Crippen LogP contribution in [-0.2, 0) is 20.9 Å². The van der Waals surface area contributed by atoms with Crippen LogP contribution in [0.2, 0.25) is 0 Å². The molecule has 0 saturated heterocycles. The molecule has 190 valence electrons. The molecule has 0 fully saturated rings. The molecule has 0 aliphatic carbocycles. The van der Waals surface area contributed by atoms with Gasteiger partial charge in [0.2, 0.25) is 0 Å². The van der Waals surface area contributed by atoms with Crippen LogP contribution in [-0.4, -0.2) is 27.5 Å². The third-order valence-electron chi connectivity index (χ3n) is 6.25. The predicted molar refractivity (Wildman–Crippen MR) is 142 cm³/mol. The zero-order valence-electron chi connectivity index (χ0n) is 21.6. The third-order valence-corrected chi connectivity index (χ3v) is 6.25. The summed E-state index contributed by atoms with van der Waals surface area (Å²) < 4.78 is 5.86. The van der Waals surface area contributed by atoms with E-state index < -0.39 is 23.5 Å². The van der Waals surface area contributed by atoms with E-state index in [4.69, 9.17) is 4.74 Å². The van der Waals surface area contributed by atoms with Crippen molar-refractivity contribution in [1.82, 2.24) is 4.90 Å². The first-order valence-electron chi connectivity index (χ1n) is 12.5. The van der Waals surface area contributed by atoms with E-state index in [0.717, 1.165) is 16.7 Å². The number of aliphatic carboxylic acids is 1. The van der Waals surface area contributed by atoms with Crippen molar-refractivity contribution in [3.8, 4) is 0 Å². The van der Waals surface area contributed by atoms with Crippen LogP contribution in [0, 0.1) is 5.92 Å². The van der Waals surface area contributed by atoms with Gasteiger partial charge in [0.15, 0.2) is 0 Å². The van der Waals surface area contributed by atoms with Gasteiger partial charge in [-0.3, -0.25) is 14.5 Å². The van der Waals surface area contributed by atoms with Gasteiger partial charge in [-0.05, 0) is 50.8 Å². The molecule has 0 heterocycles. The van der Waals surface area contributed by atoms with Gasteiger partial charge in [-0.15, -0.1) is 0 Å².